The first kappa shape index (κ1) is 11.5. The number of piperidine rings is 1. The second-order valence-corrected chi connectivity index (χ2v) is 5.23. The number of nitrogens with one attached hydrogen (secondary N) is 1. The Morgan fingerprint density at radius 2 is 2.19 bits per heavy atom. The first-order valence-electron chi connectivity index (χ1n) is 4.91. The summed E-state index contributed by atoms with van der Waals surface area (Å²) in [4.78, 5) is 23.4. The minimum Gasteiger partial charge on any atom is -0.295 e. The molecule has 1 aliphatic heterocycles. The highest BCUT2D eigenvalue weighted by atomic mass is 35.5. The molecule has 3 nitrogen and oxygen atoms in total. The van der Waals surface area contributed by atoms with Gasteiger partial charge in [0.05, 0.1) is 5.25 Å². The summed E-state index contributed by atoms with van der Waals surface area (Å²) in [6.45, 7) is 0. The van der Waals surface area contributed by atoms with Crippen molar-refractivity contribution in [1.82, 2.24) is 5.32 Å². The van der Waals surface area contributed by atoms with E-state index in [1.165, 1.54) is 11.8 Å². The third kappa shape index (κ3) is 2.77. The monoisotopic (exact) mass is 255 g/mol. The van der Waals surface area contributed by atoms with E-state index in [4.69, 9.17) is 11.6 Å². The lowest BCUT2D eigenvalue weighted by Gasteiger charge is -2.20. The smallest absolute Gasteiger partial charge is 0.240 e. The molecule has 2 amide bonds. The van der Waals surface area contributed by atoms with Crippen molar-refractivity contribution in [2.75, 3.05) is 0 Å². The van der Waals surface area contributed by atoms with E-state index < -0.39 is 0 Å². The van der Waals surface area contributed by atoms with Gasteiger partial charge in [-0.3, -0.25) is 14.9 Å². The number of carbonyl (C=O) groups is 2. The van der Waals surface area contributed by atoms with Crippen molar-refractivity contribution in [3.8, 4) is 0 Å². The van der Waals surface area contributed by atoms with Crippen LogP contribution < -0.4 is 5.32 Å². The third-order valence-electron chi connectivity index (χ3n) is 2.26. The van der Waals surface area contributed by atoms with Crippen LogP contribution in [0.15, 0.2) is 29.2 Å². The molecule has 0 bridgehead atoms. The van der Waals surface area contributed by atoms with E-state index >= 15 is 0 Å². The fourth-order valence-electron chi connectivity index (χ4n) is 1.49. The molecule has 1 aliphatic rings. The van der Waals surface area contributed by atoms with Gasteiger partial charge in [0.2, 0.25) is 11.8 Å². The Morgan fingerprint density at radius 3 is 2.88 bits per heavy atom. The Kier molecular flexibility index (Phi) is 3.51. The summed E-state index contributed by atoms with van der Waals surface area (Å²) >= 11 is 7.29. The quantitative estimate of drug-likeness (QED) is 0.825. The molecule has 1 heterocycles. The molecule has 1 atom stereocenters. The molecule has 84 valence electrons. The standard InChI is InChI=1S/C11H10ClNO2S/c12-7-2-1-3-8(6-7)16-9-4-5-10(14)13-11(9)15/h1-3,6,9H,4-5H2,(H,13,14,15). The molecular formula is C11H10ClNO2S. The van der Waals surface area contributed by atoms with E-state index in [-0.39, 0.29) is 17.1 Å². The van der Waals surface area contributed by atoms with Gasteiger partial charge in [-0.1, -0.05) is 17.7 Å². The van der Waals surface area contributed by atoms with Gasteiger partial charge < -0.3 is 0 Å². The minimum atomic E-state index is -0.207. The lowest BCUT2D eigenvalue weighted by molar-refractivity contribution is -0.132. The van der Waals surface area contributed by atoms with Gasteiger partial charge in [0.1, 0.15) is 0 Å². The van der Waals surface area contributed by atoms with E-state index in [1.54, 1.807) is 6.07 Å². The van der Waals surface area contributed by atoms with E-state index in [1.807, 2.05) is 18.2 Å². The third-order valence-corrected chi connectivity index (χ3v) is 3.76. The maximum Gasteiger partial charge on any atom is 0.240 e. The Labute approximate surface area is 103 Å². The minimum absolute atomic E-state index is 0.187. The molecule has 16 heavy (non-hydrogen) atoms. The van der Waals surface area contributed by atoms with Crippen molar-refractivity contribution in [1.29, 1.82) is 0 Å². The number of imide groups is 1. The molecule has 5 heteroatoms. The van der Waals surface area contributed by atoms with Gasteiger partial charge in [0.25, 0.3) is 0 Å². The van der Waals surface area contributed by atoms with E-state index in [0.29, 0.717) is 17.9 Å². The SMILES string of the molecule is O=C1CCC(Sc2cccc(Cl)c2)C(=O)N1. The number of carbonyl (C=O) groups excluding carboxylic acids is 2. The van der Waals surface area contributed by atoms with Crippen LogP contribution in [0.4, 0.5) is 0 Å². The van der Waals surface area contributed by atoms with Gasteiger partial charge in [-0.25, -0.2) is 0 Å². The van der Waals surface area contributed by atoms with Crippen LogP contribution in [-0.2, 0) is 9.59 Å². The molecule has 1 N–H and O–H groups in total. The van der Waals surface area contributed by atoms with Crippen molar-refractivity contribution in [2.45, 2.75) is 23.0 Å². The van der Waals surface area contributed by atoms with E-state index in [0.717, 1.165) is 4.90 Å². The molecular weight excluding hydrogens is 246 g/mol. The number of amides is 2. The van der Waals surface area contributed by atoms with Crippen LogP contribution in [0.25, 0.3) is 0 Å². The summed E-state index contributed by atoms with van der Waals surface area (Å²) in [5.74, 6) is -0.394. The van der Waals surface area contributed by atoms with Crippen molar-refractivity contribution >= 4 is 35.2 Å². The predicted octanol–water partition coefficient (Wildman–Crippen LogP) is 2.24. The average Bonchev–Trinajstić information content (AvgIpc) is 2.22. The van der Waals surface area contributed by atoms with Gasteiger partial charge in [-0.15, -0.1) is 11.8 Å². The van der Waals surface area contributed by atoms with Crippen molar-refractivity contribution in [2.24, 2.45) is 0 Å². The molecule has 0 spiro atoms. The van der Waals surface area contributed by atoms with Gasteiger partial charge in [0.15, 0.2) is 0 Å². The van der Waals surface area contributed by atoms with Gasteiger partial charge in [0, 0.05) is 16.3 Å². The predicted molar refractivity (Wildman–Crippen MR) is 63.5 cm³/mol. The number of halogens is 1. The van der Waals surface area contributed by atoms with Crippen LogP contribution >= 0.6 is 23.4 Å². The zero-order valence-corrected chi connectivity index (χ0v) is 9.98. The lowest BCUT2D eigenvalue weighted by Crippen LogP contribution is -2.42. The molecule has 1 saturated heterocycles. The number of benzene rings is 1. The first-order chi connectivity index (χ1) is 7.65. The van der Waals surface area contributed by atoms with Crippen molar-refractivity contribution in [3.05, 3.63) is 29.3 Å². The molecule has 2 rings (SSSR count). The number of hydrogen-bond acceptors (Lipinski definition) is 3. The van der Waals surface area contributed by atoms with Crippen LogP contribution in [0, 0.1) is 0 Å². The molecule has 1 aromatic rings. The van der Waals surface area contributed by atoms with Crippen LogP contribution in [-0.4, -0.2) is 17.1 Å². The molecule has 0 aromatic heterocycles. The molecule has 1 aromatic carbocycles. The highest BCUT2D eigenvalue weighted by Gasteiger charge is 2.27. The summed E-state index contributed by atoms with van der Waals surface area (Å²) < 4.78 is 0. The highest BCUT2D eigenvalue weighted by Crippen LogP contribution is 2.29. The number of thioether (sulfide) groups is 1. The van der Waals surface area contributed by atoms with Gasteiger partial charge >= 0.3 is 0 Å². The zero-order valence-electron chi connectivity index (χ0n) is 8.40. The molecule has 0 aliphatic carbocycles. The summed E-state index contributed by atoms with van der Waals surface area (Å²) in [5.41, 5.74) is 0. The maximum atomic E-state index is 11.5. The summed E-state index contributed by atoms with van der Waals surface area (Å²) in [5, 5.41) is 2.78. The normalized spacial score (nSPS) is 20.7. The number of hydrogen-bond donors (Lipinski definition) is 1. The second kappa shape index (κ2) is 4.89. The largest absolute Gasteiger partial charge is 0.295 e. The maximum absolute atomic E-state index is 11.5. The Hall–Kier alpha value is -1.00. The van der Waals surface area contributed by atoms with Crippen molar-refractivity contribution in [3.63, 3.8) is 0 Å². The van der Waals surface area contributed by atoms with Crippen LogP contribution in [0.2, 0.25) is 5.02 Å². The molecule has 1 unspecified atom stereocenters. The topological polar surface area (TPSA) is 46.2 Å². The van der Waals surface area contributed by atoms with Crippen molar-refractivity contribution < 1.29 is 9.59 Å². The highest BCUT2D eigenvalue weighted by molar-refractivity contribution is 8.00. The van der Waals surface area contributed by atoms with Crippen LogP contribution in [0.5, 0.6) is 0 Å². The Morgan fingerprint density at radius 1 is 1.38 bits per heavy atom. The average molecular weight is 256 g/mol. The van der Waals surface area contributed by atoms with Gasteiger partial charge in [-0.2, -0.15) is 0 Å². The summed E-state index contributed by atoms with van der Waals surface area (Å²) in [7, 11) is 0. The Balaban J connectivity index is 2.05. The van der Waals surface area contributed by atoms with E-state index in [9.17, 15) is 9.59 Å². The van der Waals surface area contributed by atoms with Gasteiger partial charge in [-0.05, 0) is 24.6 Å². The molecule has 0 radical (unpaired) electrons. The summed E-state index contributed by atoms with van der Waals surface area (Å²) in [6, 6.07) is 7.35. The number of rotatable bonds is 2. The first-order valence-corrected chi connectivity index (χ1v) is 6.17. The second-order valence-electron chi connectivity index (χ2n) is 3.51. The Bertz CT molecular complexity index is 436. The molecule has 1 fully saturated rings. The van der Waals surface area contributed by atoms with Crippen LogP contribution in [0.1, 0.15) is 12.8 Å². The lowest BCUT2D eigenvalue weighted by atomic mass is 10.1. The fraction of sp³-hybridized carbons (Fsp3) is 0.273. The van der Waals surface area contributed by atoms with Crippen LogP contribution in [0.3, 0.4) is 0 Å². The fourth-order valence-corrected chi connectivity index (χ4v) is 2.83. The zero-order chi connectivity index (χ0) is 11.5. The molecule has 0 saturated carbocycles. The van der Waals surface area contributed by atoms with E-state index in [2.05, 4.69) is 5.32 Å². The summed E-state index contributed by atoms with van der Waals surface area (Å²) in [6.07, 6.45) is 0.992.